The number of aliphatic carboxylic acids is 1. The van der Waals surface area contributed by atoms with Gasteiger partial charge in [-0.3, -0.25) is 4.79 Å². The largest absolute Gasteiger partial charge is 0.497 e. The molecule has 0 bridgehead atoms. The predicted molar refractivity (Wildman–Crippen MR) is 97.4 cm³/mol. The van der Waals surface area contributed by atoms with E-state index in [9.17, 15) is 14.7 Å². The van der Waals surface area contributed by atoms with Crippen molar-refractivity contribution in [1.82, 2.24) is 9.88 Å². The highest BCUT2D eigenvalue weighted by Gasteiger charge is 2.49. The Balaban J connectivity index is 1.57. The number of carbonyl (C=O) groups is 2. The van der Waals surface area contributed by atoms with Gasteiger partial charge in [0.1, 0.15) is 22.5 Å². The number of rotatable bonds is 4. The lowest BCUT2D eigenvalue weighted by molar-refractivity contribution is -0.142. The fraction of sp³-hybridized carbons (Fsp3) is 0.421. The summed E-state index contributed by atoms with van der Waals surface area (Å²) in [7, 11) is 1.61. The summed E-state index contributed by atoms with van der Waals surface area (Å²) in [5, 5.41) is 12.1. The molecule has 1 aliphatic carbocycles. The van der Waals surface area contributed by atoms with Gasteiger partial charge in [0.25, 0.3) is 5.91 Å². The second-order valence-electron chi connectivity index (χ2n) is 6.86. The Morgan fingerprint density at radius 2 is 2.04 bits per heavy atom. The Hall–Kier alpha value is -2.41. The molecule has 136 valence electrons. The minimum absolute atomic E-state index is 0.0798. The highest BCUT2D eigenvalue weighted by molar-refractivity contribution is 7.13. The SMILES string of the molecule is COc1ccc(-c2nc(C(=O)N3CC4CCCC4C3C(=O)O)cs2)cc1. The van der Waals surface area contributed by atoms with Gasteiger partial charge in [0, 0.05) is 17.5 Å². The first-order valence-corrected chi connectivity index (χ1v) is 9.60. The minimum atomic E-state index is -0.904. The molecular formula is C19H20N2O4S. The molecule has 1 saturated heterocycles. The van der Waals surface area contributed by atoms with Crippen molar-refractivity contribution in [2.75, 3.05) is 13.7 Å². The van der Waals surface area contributed by atoms with Crippen LogP contribution in [0.2, 0.25) is 0 Å². The number of nitrogens with zero attached hydrogens (tertiary/aromatic N) is 2. The number of fused-ring (bicyclic) bond motifs is 1. The second kappa shape index (κ2) is 6.72. The summed E-state index contributed by atoms with van der Waals surface area (Å²) >= 11 is 1.39. The third-order valence-corrected chi connectivity index (χ3v) is 6.36. The van der Waals surface area contributed by atoms with E-state index in [2.05, 4.69) is 4.98 Å². The molecular weight excluding hydrogens is 352 g/mol. The zero-order valence-corrected chi connectivity index (χ0v) is 15.2. The molecule has 2 heterocycles. The number of benzene rings is 1. The van der Waals surface area contributed by atoms with Crippen molar-refractivity contribution in [1.29, 1.82) is 0 Å². The van der Waals surface area contributed by atoms with Gasteiger partial charge in [0.15, 0.2) is 0 Å². The average Bonchev–Trinajstić information content (AvgIpc) is 3.36. The molecule has 26 heavy (non-hydrogen) atoms. The van der Waals surface area contributed by atoms with Crippen LogP contribution in [0.1, 0.15) is 29.8 Å². The summed E-state index contributed by atoms with van der Waals surface area (Å²) < 4.78 is 5.15. The van der Waals surface area contributed by atoms with Crippen molar-refractivity contribution in [2.24, 2.45) is 11.8 Å². The predicted octanol–water partition coefficient (Wildman–Crippen LogP) is 3.14. The van der Waals surface area contributed by atoms with Crippen molar-refractivity contribution in [2.45, 2.75) is 25.3 Å². The van der Waals surface area contributed by atoms with Crippen molar-refractivity contribution in [3.63, 3.8) is 0 Å². The van der Waals surface area contributed by atoms with Crippen LogP contribution in [-0.4, -0.2) is 46.6 Å². The van der Waals surface area contributed by atoms with Gasteiger partial charge in [0.2, 0.25) is 0 Å². The lowest BCUT2D eigenvalue weighted by Gasteiger charge is -2.23. The fourth-order valence-electron chi connectivity index (χ4n) is 4.22. The molecule has 1 N–H and O–H groups in total. The van der Waals surface area contributed by atoms with Crippen molar-refractivity contribution >= 4 is 23.2 Å². The Morgan fingerprint density at radius 1 is 1.27 bits per heavy atom. The Bertz CT molecular complexity index is 832. The number of thiazole rings is 1. The number of carboxylic acids is 1. The highest BCUT2D eigenvalue weighted by atomic mass is 32.1. The summed E-state index contributed by atoms with van der Waals surface area (Å²) in [4.78, 5) is 30.7. The first kappa shape index (κ1) is 17.0. The van der Waals surface area contributed by atoms with E-state index in [1.807, 2.05) is 24.3 Å². The molecule has 1 aromatic heterocycles. The number of aromatic nitrogens is 1. The lowest BCUT2D eigenvalue weighted by Crippen LogP contribution is -2.43. The monoisotopic (exact) mass is 372 g/mol. The Morgan fingerprint density at radius 3 is 2.73 bits per heavy atom. The highest BCUT2D eigenvalue weighted by Crippen LogP contribution is 2.42. The number of hydrogen-bond acceptors (Lipinski definition) is 5. The first-order valence-electron chi connectivity index (χ1n) is 8.72. The molecule has 0 spiro atoms. The van der Waals surface area contributed by atoms with E-state index >= 15 is 0 Å². The third-order valence-electron chi connectivity index (χ3n) is 5.46. The van der Waals surface area contributed by atoms with E-state index in [1.54, 1.807) is 12.5 Å². The molecule has 1 amide bonds. The van der Waals surface area contributed by atoms with Crippen LogP contribution in [0.3, 0.4) is 0 Å². The molecule has 4 rings (SSSR count). The van der Waals surface area contributed by atoms with Crippen LogP contribution in [0, 0.1) is 11.8 Å². The Labute approximate surface area is 155 Å². The summed E-state index contributed by atoms with van der Waals surface area (Å²) in [6.45, 7) is 0.524. The van der Waals surface area contributed by atoms with E-state index in [0.717, 1.165) is 35.6 Å². The van der Waals surface area contributed by atoms with Crippen LogP contribution in [0.15, 0.2) is 29.6 Å². The van der Waals surface area contributed by atoms with Crippen LogP contribution in [0.25, 0.3) is 10.6 Å². The maximum atomic E-state index is 12.9. The van der Waals surface area contributed by atoms with Gasteiger partial charge >= 0.3 is 5.97 Å². The molecule has 2 aromatic rings. The number of methoxy groups -OCH3 is 1. The van der Waals surface area contributed by atoms with E-state index < -0.39 is 12.0 Å². The van der Waals surface area contributed by atoms with Crippen molar-refractivity contribution in [3.05, 3.63) is 35.3 Å². The van der Waals surface area contributed by atoms with Gasteiger partial charge in [-0.2, -0.15) is 0 Å². The maximum absolute atomic E-state index is 12.9. The topological polar surface area (TPSA) is 79.7 Å². The van der Waals surface area contributed by atoms with E-state index in [1.165, 1.54) is 16.2 Å². The number of amides is 1. The van der Waals surface area contributed by atoms with E-state index in [0.29, 0.717) is 18.2 Å². The summed E-state index contributed by atoms with van der Waals surface area (Å²) in [5.41, 5.74) is 1.23. The lowest BCUT2D eigenvalue weighted by atomic mass is 9.94. The smallest absolute Gasteiger partial charge is 0.326 e. The van der Waals surface area contributed by atoms with Gasteiger partial charge in [-0.1, -0.05) is 6.42 Å². The molecule has 2 fully saturated rings. The number of ether oxygens (including phenoxy) is 1. The van der Waals surface area contributed by atoms with Crippen LogP contribution < -0.4 is 4.74 Å². The number of carboxylic acid groups (broad SMARTS) is 1. The van der Waals surface area contributed by atoms with E-state index in [4.69, 9.17) is 4.74 Å². The number of likely N-dealkylation sites (tertiary alicyclic amines) is 1. The van der Waals surface area contributed by atoms with Crippen molar-refractivity contribution < 1.29 is 19.4 Å². The van der Waals surface area contributed by atoms with Gasteiger partial charge < -0.3 is 14.7 Å². The second-order valence-corrected chi connectivity index (χ2v) is 7.72. The summed E-state index contributed by atoms with van der Waals surface area (Å²) in [5.74, 6) is -0.0356. The molecule has 2 aliphatic rings. The maximum Gasteiger partial charge on any atom is 0.326 e. The Kier molecular flexibility index (Phi) is 4.40. The molecule has 0 radical (unpaired) electrons. The standard InChI is InChI=1S/C19H20N2O4S/c1-25-13-7-5-11(6-8-13)17-20-15(10-26-17)18(22)21-9-12-3-2-4-14(12)16(21)19(23)24/h5-8,10,12,14,16H,2-4,9H2,1H3,(H,23,24). The zero-order chi connectivity index (χ0) is 18.3. The van der Waals surface area contributed by atoms with Crippen LogP contribution in [-0.2, 0) is 4.79 Å². The van der Waals surface area contributed by atoms with Crippen LogP contribution in [0.4, 0.5) is 0 Å². The van der Waals surface area contributed by atoms with Gasteiger partial charge in [-0.15, -0.1) is 11.3 Å². The summed E-state index contributed by atoms with van der Waals surface area (Å²) in [6.07, 6.45) is 2.95. The molecule has 1 aromatic carbocycles. The number of hydrogen-bond donors (Lipinski definition) is 1. The normalized spacial score (nSPS) is 24.5. The molecule has 1 saturated carbocycles. The average molecular weight is 372 g/mol. The van der Waals surface area contributed by atoms with Gasteiger partial charge in [-0.05, 0) is 48.9 Å². The summed E-state index contributed by atoms with van der Waals surface area (Å²) in [6, 6.07) is 6.76. The zero-order valence-electron chi connectivity index (χ0n) is 14.4. The van der Waals surface area contributed by atoms with Gasteiger partial charge in [0.05, 0.1) is 7.11 Å². The molecule has 3 atom stereocenters. The van der Waals surface area contributed by atoms with Crippen LogP contribution in [0.5, 0.6) is 5.75 Å². The van der Waals surface area contributed by atoms with Crippen LogP contribution >= 0.6 is 11.3 Å². The number of carbonyl (C=O) groups excluding carboxylic acids is 1. The van der Waals surface area contributed by atoms with E-state index in [-0.39, 0.29) is 11.8 Å². The molecule has 7 heteroatoms. The quantitative estimate of drug-likeness (QED) is 0.892. The fourth-order valence-corrected chi connectivity index (χ4v) is 5.02. The third kappa shape index (κ3) is 2.86. The van der Waals surface area contributed by atoms with Gasteiger partial charge in [-0.25, -0.2) is 9.78 Å². The van der Waals surface area contributed by atoms with Crippen molar-refractivity contribution in [3.8, 4) is 16.3 Å². The molecule has 3 unspecified atom stereocenters. The molecule has 1 aliphatic heterocycles. The molecule has 6 nitrogen and oxygen atoms in total. The first-order chi connectivity index (χ1) is 12.6. The minimum Gasteiger partial charge on any atom is -0.497 e.